The second-order valence-electron chi connectivity index (χ2n) is 3.96. The standard InChI is InChI=1S/C12H22O2/c1-11(2)9-7-5-4-6-8-10-12(13)14-3/h8,10-11H,4-7,9H2,1-3H3/b10-8+. The molecule has 0 fully saturated rings. The number of hydrogen-bond acceptors (Lipinski definition) is 2. The van der Waals surface area contributed by atoms with Gasteiger partial charge < -0.3 is 4.74 Å². The molecule has 0 bridgehead atoms. The minimum Gasteiger partial charge on any atom is -0.466 e. The van der Waals surface area contributed by atoms with E-state index in [2.05, 4.69) is 18.6 Å². The van der Waals surface area contributed by atoms with Crippen LogP contribution in [-0.2, 0) is 9.53 Å². The molecular weight excluding hydrogens is 176 g/mol. The van der Waals surface area contributed by atoms with Gasteiger partial charge in [0.1, 0.15) is 0 Å². The van der Waals surface area contributed by atoms with E-state index in [9.17, 15) is 4.79 Å². The average Bonchev–Trinajstić information content (AvgIpc) is 2.15. The maximum absolute atomic E-state index is 10.7. The zero-order valence-corrected chi connectivity index (χ0v) is 9.58. The van der Waals surface area contributed by atoms with Crippen LogP contribution in [0.4, 0.5) is 0 Å². The van der Waals surface area contributed by atoms with Gasteiger partial charge >= 0.3 is 5.97 Å². The molecule has 0 amide bonds. The van der Waals surface area contributed by atoms with E-state index in [1.54, 1.807) is 0 Å². The lowest BCUT2D eigenvalue weighted by Gasteiger charge is -2.02. The van der Waals surface area contributed by atoms with Gasteiger partial charge in [-0.1, -0.05) is 39.2 Å². The first-order valence-electron chi connectivity index (χ1n) is 5.41. The van der Waals surface area contributed by atoms with Crippen LogP contribution in [0, 0.1) is 5.92 Å². The minimum atomic E-state index is -0.257. The van der Waals surface area contributed by atoms with Gasteiger partial charge in [0.15, 0.2) is 0 Å². The van der Waals surface area contributed by atoms with Crippen LogP contribution >= 0.6 is 0 Å². The summed E-state index contributed by atoms with van der Waals surface area (Å²) >= 11 is 0. The van der Waals surface area contributed by atoms with Crippen molar-refractivity contribution in [1.82, 2.24) is 0 Å². The highest BCUT2D eigenvalue weighted by molar-refractivity contribution is 5.81. The smallest absolute Gasteiger partial charge is 0.330 e. The number of methoxy groups -OCH3 is 1. The summed E-state index contributed by atoms with van der Waals surface area (Å²) < 4.78 is 4.48. The number of carbonyl (C=O) groups excluding carboxylic acids is 1. The van der Waals surface area contributed by atoms with Crippen molar-refractivity contribution in [3.63, 3.8) is 0 Å². The zero-order chi connectivity index (χ0) is 10.8. The van der Waals surface area contributed by atoms with Crippen LogP contribution in [0.3, 0.4) is 0 Å². The number of carbonyl (C=O) groups is 1. The van der Waals surface area contributed by atoms with Crippen LogP contribution in [0.15, 0.2) is 12.2 Å². The van der Waals surface area contributed by atoms with Gasteiger partial charge in [0.2, 0.25) is 0 Å². The van der Waals surface area contributed by atoms with E-state index in [1.165, 1.54) is 38.9 Å². The monoisotopic (exact) mass is 198 g/mol. The molecule has 2 heteroatoms. The van der Waals surface area contributed by atoms with Crippen LogP contribution in [0.2, 0.25) is 0 Å². The highest BCUT2D eigenvalue weighted by Gasteiger charge is 1.93. The highest BCUT2D eigenvalue weighted by atomic mass is 16.5. The zero-order valence-electron chi connectivity index (χ0n) is 9.58. The first-order chi connectivity index (χ1) is 6.66. The van der Waals surface area contributed by atoms with Crippen LogP contribution < -0.4 is 0 Å². The average molecular weight is 198 g/mol. The Morgan fingerprint density at radius 3 is 2.57 bits per heavy atom. The third-order valence-corrected chi connectivity index (χ3v) is 2.11. The normalized spacial score (nSPS) is 11.1. The number of esters is 1. The second-order valence-corrected chi connectivity index (χ2v) is 3.96. The molecule has 2 nitrogen and oxygen atoms in total. The lowest BCUT2D eigenvalue weighted by atomic mass is 10.0. The summed E-state index contributed by atoms with van der Waals surface area (Å²) in [7, 11) is 1.40. The molecule has 0 saturated heterocycles. The molecule has 0 atom stereocenters. The molecular formula is C12H22O2. The molecule has 0 radical (unpaired) electrons. The molecule has 0 rings (SSSR count). The van der Waals surface area contributed by atoms with Crippen molar-refractivity contribution in [2.24, 2.45) is 5.92 Å². The van der Waals surface area contributed by atoms with Crippen molar-refractivity contribution in [2.75, 3.05) is 7.11 Å². The summed E-state index contributed by atoms with van der Waals surface area (Å²) in [6.07, 6.45) is 9.39. The topological polar surface area (TPSA) is 26.3 Å². The van der Waals surface area contributed by atoms with Crippen molar-refractivity contribution in [2.45, 2.75) is 46.0 Å². The Bertz CT molecular complexity index is 171. The lowest BCUT2D eigenvalue weighted by Crippen LogP contribution is -1.93. The summed E-state index contributed by atoms with van der Waals surface area (Å²) in [5, 5.41) is 0. The molecule has 14 heavy (non-hydrogen) atoms. The van der Waals surface area contributed by atoms with E-state index in [0.717, 1.165) is 12.3 Å². The molecule has 0 spiro atoms. The SMILES string of the molecule is COC(=O)/C=C/CCCCCC(C)C. The Morgan fingerprint density at radius 1 is 1.29 bits per heavy atom. The summed E-state index contributed by atoms with van der Waals surface area (Å²) in [5.41, 5.74) is 0. The van der Waals surface area contributed by atoms with E-state index in [-0.39, 0.29) is 5.97 Å². The molecule has 0 heterocycles. The number of allylic oxidation sites excluding steroid dienone is 1. The van der Waals surface area contributed by atoms with Crippen molar-refractivity contribution in [1.29, 1.82) is 0 Å². The maximum Gasteiger partial charge on any atom is 0.330 e. The van der Waals surface area contributed by atoms with E-state index >= 15 is 0 Å². The van der Waals surface area contributed by atoms with Gasteiger partial charge in [0.25, 0.3) is 0 Å². The largest absolute Gasteiger partial charge is 0.466 e. The van der Waals surface area contributed by atoms with Gasteiger partial charge in [-0.15, -0.1) is 0 Å². The van der Waals surface area contributed by atoms with Gasteiger partial charge in [-0.3, -0.25) is 0 Å². The Morgan fingerprint density at radius 2 is 2.00 bits per heavy atom. The maximum atomic E-state index is 10.7. The summed E-state index contributed by atoms with van der Waals surface area (Å²) in [4.78, 5) is 10.7. The molecule has 82 valence electrons. The van der Waals surface area contributed by atoms with Crippen LogP contribution in [0.25, 0.3) is 0 Å². The third kappa shape index (κ3) is 9.30. The number of unbranched alkanes of at least 4 members (excludes halogenated alkanes) is 3. The Balaban J connectivity index is 3.21. The molecule has 0 saturated carbocycles. The van der Waals surface area contributed by atoms with E-state index in [1.807, 2.05) is 6.08 Å². The van der Waals surface area contributed by atoms with E-state index < -0.39 is 0 Å². The number of hydrogen-bond donors (Lipinski definition) is 0. The van der Waals surface area contributed by atoms with E-state index in [0.29, 0.717) is 0 Å². The number of rotatable bonds is 7. The molecule has 0 aliphatic rings. The van der Waals surface area contributed by atoms with Crippen LogP contribution in [0.1, 0.15) is 46.0 Å². The molecule has 0 aromatic rings. The first kappa shape index (κ1) is 13.2. The summed E-state index contributed by atoms with van der Waals surface area (Å²) in [5.74, 6) is 0.549. The van der Waals surface area contributed by atoms with Crippen molar-refractivity contribution >= 4 is 5.97 Å². The summed E-state index contributed by atoms with van der Waals surface area (Å²) in [6, 6.07) is 0. The molecule has 0 N–H and O–H groups in total. The van der Waals surface area contributed by atoms with Crippen molar-refractivity contribution < 1.29 is 9.53 Å². The fourth-order valence-corrected chi connectivity index (χ4v) is 1.24. The molecule has 0 aromatic heterocycles. The third-order valence-electron chi connectivity index (χ3n) is 2.11. The minimum absolute atomic E-state index is 0.257. The Labute approximate surface area is 87.3 Å². The Kier molecular flexibility index (Phi) is 8.30. The van der Waals surface area contributed by atoms with Gasteiger partial charge in [0, 0.05) is 6.08 Å². The molecule has 0 aliphatic carbocycles. The lowest BCUT2D eigenvalue weighted by molar-refractivity contribution is -0.134. The molecule has 0 aliphatic heterocycles. The predicted molar refractivity (Wildman–Crippen MR) is 59.1 cm³/mol. The van der Waals surface area contributed by atoms with Crippen molar-refractivity contribution in [3.8, 4) is 0 Å². The fraction of sp³-hybridized carbons (Fsp3) is 0.750. The van der Waals surface area contributed by atoms with Crippen molar-refractivity contribution in [3.05, 3.63) is 12.2 Å². The number of ether oxygens (including phenoxy) is 1. The predicted octanol–water partition coefficient (Wildman–Crippen LogP) is 3.32. The first-order valence-corrected chi connectivity index (χ1v) is 5.41. The second kappa shape index (κ2) is 8.79. The van der Waals surface area contributed by atoms with E-state index in [4.69, 9.17) is 0 Å². The Hall–Kier alpha value is -0.790. The van der Waals surface area contributed by atoms with Crippen LogP contribution in [-0.4, -0.2) is 13.1 Å². The van der Waals surface area contributed by atoms with Gasteiger partial charge in [-0.25, -0.2) is 4.79 Å². The summed E-state index contributed by atoms with van der Waals surface area (Å²) in [6.45, 7) is 4.49. The van der Waals surface area contributed by atoms with Gasteiger partial charge in [0.05, 0.1) is 7.11 Å². The molecule has 0 aromatic carbocycles. The van der Waals surface area contributed by atoms with Gasteiger partial charge in [-0.2, -0.15) is 0 Å². The quantitative estimate of drug-likeness (QED) is 0.356. The molecule has 0 unspecified atom stereocenters. The fourth-order valence-electron chi connectivity index (χ4n) is 1.24. The van der Waals surface area contributed by atoms with Gasteiger partial charge in [-0.05, 0) is 18.8 Å². The highest BCUT2D eigenvalue weighted by Crippen LogP contribution is 2.09. The van der Waals surface area contributed by atoms with Crippen LogP contribution in [0.5, 0.6) is 0 Å².